The molecule has 0 aliphatic carbocycles. The SMILES string of the molecule is CC(CBr)NCc1ccc(OC(F)(F)F)cc1. The number of hydrogen-bond acceptors (Lipinski definition) is 2. The van der Waals surface area contributed by atoms with Gasteiger partial charge in [0, 0.05) is 17.9 Å². The minimum Gasteiger partial charge on any atom is -0.406 e. The number of rotatable bonds is 5. The third-order valence-corrected chi connectivity index (χ3v) is 3.01. The summed E-state index contributed by atoms with van der Waals surface area (Å²) in [4.78, 5) is 0. The van der Waals surface area contributed by atoms with Crippen molar-refractivity contribution >= 4 is 15.9 Å². The van der Waals surface area contributed by atoms with Crippen molar-refractivity contribution in [2.75, 3.05) is 5.33 Å². The first-order valence-electron chi connectivity index (χ1n) is 5.05. The van der Waals surface area contributed by atoms with Crippen LogP contribution < -0.4 is 10.1 Å². The molecular formula is C11H13BrF3NO. The summed E-state index contributed by atoms with van der Waals surface area (Å²) >= 11 is 3.33. The molecule has 1 N–H and O–H groups in total. The summed E-state index contributed by atoms with van der Waals surface area (Å²) in [6.45, 7) is 2.62. The third-order valence-electron chi connectivity index (χ3n) is 2.04. The maximum Gasteiger partial charge on any atom is 0.573 e. The molecule has 0 fully saturated rings. The first kappa shape index (κ1) is 14.3. The zero-order valence-corrected chi connectivity index (χ0v) is 10.8. The molecule has 0 spiro atoms. The van der Waals surface area contributed by atoms with E-state index in [1.54, 1.807) is 12.1 Å². The van der Waals surface area contributed by atoms with Crippen molar-refractivity contribution in [3.8, 4) is 5.75 Å². The predicted octanol–water partition coefficient (Wildman–Crippen LogP) is 3.46. The number of ether oxygens (including phenoxy) is 1. The van der Waals surface area contributed by atoms with E-state index in [-0.39, 0.29) is 5.75 Å². The molecule has 0 aliphatic heterocycles. The minimum absolute atomic E-state index is 0.199. The Labute approximate surface area is 106 Å². The second-order valence-electron chi connectivity index (χ2n) is 3.63. The second-order valence-corrected chi connectivity index (χ2v) is 4.28. The summed E-state index contributed by atoms with van der Waals surface area (Å²) in [6, 6.07) is 6.14. The molecule has 1 atom stereocenters. The van der Waals surface area contributed by atoms with Gasteiger partial charge in [-0.1, -0.05) is 28.1 Å². The highest BCUT2D eigenvalue weighted by molar-refractivity contribution is 9.09. The van der Waals surface area contributed by atoms with Crippen LogP contribution in [0.4, 0.5) is 13.2 Å². The molecule has 0 saturated heterocycles. The van der Waals surface area contributed by atoms with E-state index in [1.165, 1.54) is 12.1 Å². The van der Waals surface area contributed by atoms with Gasteiger partial charge in [0.1, 0.15) is 5.75 Å². The topological polar surface area (TPSA) is 21.3 Å². The Bertz CT molecular complexity index is 340. The number of nitrogens with one attached hydrogen (secondary N) is 1. The number of hydrogen-bond donors (Lipinski definition) is 1. The van der Waals surface area contributed by atoms with Crippen LogP contribution in [0.25, 0.3) is 0 Å². The molecule has 6 heteroatoms. The zero-order valence-electron chi connectivity index (χ0n) is 9.22. The molecule has 96 valence electrons. The van der Waals surface area contributed by atoms with Crippen LogP contribution in [-0.4, -0.2) is 17.7 Å². The summed E-state index contributed by atoms with van der Waals surface area (Å²) in [6.07, 6.45) is -4.63. The quantitative estimate of drug-likeness (QED) is 0.841. The van der Waals surface area contributed by atoms with Crippen molar-refractivity contribution in [2.24, 2.45) is 0 Å². The van der Waals surface area contributed by atoms with Gasteiger partial charge in [0.2, 0.25) is 0 Å². The van der Waals surface area contributed by atoms with Crippen LogP contribution in [-0.2, 0) is 6.54 Å². The van der Waals surface area contributed by atoms with Gasteiger partial charge in [-0.25, -0.2) is 0 Å². The summed E-state index contributed by atoms with van der Waals surface area (Å²) in [7, 11) is 0. The molecule has 0 aliphatic rings. The fraction of sp³-hybridized carbons (Fsp3) is 0.455. The fourth-order valence-corrected chi connectivity index (χ4v) is 1.38. The fourth-order valence-electron chi connectivity index (χ4n) is 1.16. The van der Waals surface area contributed by atoms with Crippen molar-refractivity contribution in [1.29, 1.82) is 0 Å². The Morgan fingerprint density at radius 2 is 1.88 bits per heavy atom. The monoisotopic (exact) mass is 311 g/mol. The van der Waals surface area contributed by atoms with Crippen LogP contribution in [0, 0.1) is 0 Å². The number of halogens is 4. The van der Waals surface area contributed by atoms with Crippen molar-refractivity contribution in [3.63, 3.8) is 0 Å². The zero-order chi connectivity index (χ0) is 12.9. The van der Waals surface area contributed by atoms with Gasteiger partial charge in [-0.05, 0) is 24.6 Å². The van der Waals surface area contributed by atoms with E-state index >= 15 is 0 Å². The lowest BCUT2D eigenvalue weighted by Gasteiger charge is -2.12. The van der Waals surface area contributed by atoms with Gasteiger partial charge in [0.05, 0.1) is 0 Å². The molecule has 0 heterocycles. The largest absolute Gasteiger partial charge is 0.573 e. The van der Waals surface area contributed by atoms with Crippen molar-refractivity contribution < 1.29 is 17.9 Å². The van der Waals surface area contributed by atoms with E-state index in [2.05, 4.69) is 26.0 Å². The highest BCUT2D eigenvalue weighted by Gasteiger charge is 2.30. The van der Waals surface area contributed by atoms with Gasteiger partial charge in [0.25, 0.3) is 0 Å². The van der Waals surface area contributed by atoms with E-state index in [4.69, 9.17) is 0 Å². The van der Waals surface area contributed by atoms with E-state index in [0.29, 0.717) is 12.6 Å². The Kier molecular flexibility index (Phi) is 5.27. The number of alkyl halides is 4. The smallest absolute Gasteiger partial charge is 0.406 e. The molecule has 2 nitrogen and oxygen atoms in total. The van der Waals surface area contributed by atoms with Gasteiger partial charge >= 0.3 is 6.36 Å². The standard InChI is InChI=1S/C11H13BrF3NO/c1-8(6-12)16-7-9-2-4-10(5-3-9)17-11(13,14)15/h2-5,8,16H,6-7H2,1H3. The second kappa shape index (κ2) is 6.26. The van der Waals surface area contributed by atoms with Crippen molar-refractivity contribution in [2.45, 2.75) is 25.9 Å². The van der Waals surface area contributed by atoms with Crippen LogP contribution in [0.2, 0.25) is 0 Å². The molecular weight excluding hydrogens is 299 g/mol. The number of benzene rings is 1. The summed E-state index contributed by atoms with van der Waals surface area (Å²) < 4.78 is 39.5. The van der Waals surface area contributed by atoms with Gasteiger partial charge in [-0.2, -0.15) is 0 Å². The van der Waals surface area contributed by atoms with Gasteiger partial charge in [0.15, 0.2) is 0 Å². The third kappa shape index (κ3) is 5.93. The van der Waals surface area contributed by atoms with Gasteiger partial charge in [-0.3, -0.25) is 0 Å². The highest BCUT2D eigenvalue weighted by atomic mass is 79.9. The Balaban J connectivity index is 2.50. The molecule has 0 amide bonds. The van der Waals surface area contributed by atoms with Crippen molar-refractivity contribution in [1.82, 2.24) is 5.32 Å². The highest BCUT2D eigenvalue weighted by Crippen LogP contribution is 2.22. The molecule has 0 aromatic heterocycles. The van der Waals surface area contributed by atoms with Crippen LogP contribution >= 0.6 is 15.9 Å². The van der Waals surface area contributed by atoms with Gasteiger partial charge in [-0.15, -0.1) is 13.2 Å². The van der Waals surface area contributed by atoms with E-state index in [0.717, 1.165) is 10.9 Å². The van der Waals surface area contributed by atoms with Crippen LogP contribution in [0.1, 0.15) is 12.5 Å². The average molecular weight is 312 g/mol. The molecule has 0 bridgehead atoms. The first-order chi connectivity index (χ1) is 7.90. The molecule has 1 aromatic carbocycles. The molecule has 1 unspecified atom stereocenters. The molecule has 1 aromatic rings. The van der Waals surface area contributed by atoms with Crippen LogP contribution in [0.3, 0.4) is 0 Å². The first-order valence-corrected chi connectivity index (χ1v) is 6.17. The van der Waals surface area contributed by atoms with Crippen LogP contribution in [0.5, 0.6) is 5.75 Å². The van der Waals surface area contributed by atoms with E-state index < -0.39 is 6.36 Å². The maximum absolute atomic E-state index is 11.9. The van der Waals surface area contributed by atoms with Crippen molar-refractivity contribution in [3.05, 3.63) is 29.8 Å². The van der Waals surface area contributed by atoms with Crippen LogP contribution in [0.15, 0.2) is 24.3 Å². The molecule has 17 heavy (non-hydrogen) atoms. The van der Waals surface area contributed by atoms with E-state index in [9.17, 15) is 13.2 Å². The molecule has 0 saturated carbocycles. The van der Waals surface area contributed by atoms with Gasteiger partial charge < -0.3 is 10.1 Å². The lowest BCUT2D eigenvalue weighted by Crippen LogP contribution is -2.26. The molecule has 1 rings (SSSR count). The Morgan fingerprint density at radius 1 is 1.29 bits per heavy atom. The maximum atomic E-state index is 11.9. The lowest BCUT2D eigenvalue weighted by molar-refractivity contribution is -0.274. The summed E-state index contributed by atoms with van der Waals surface area (Å²) in [5.41, 5.74) is 0.910. The Hall–Kier alpha value is -0.750. The lowest BCUT2D eigenvalue weighted by atomic mass is 10.2. The van der Waals surface area contributed by atoms with E-state index in [1.807, 2.05) is 6.92 Å². The minimum atomic E-state index is -4.63. The summed E-state index contributed by atoms with van der Waals surface area (Å²) in [5.74, 6) is -0.199. The predicted molar refractivity (Wildman–Crippen MR) is 63.2 cm³/mol. The average Bonchev–Trinajstić information content (AvgIpc) is 2.25. The normalized spacial score (nSPS) is 13.5. The summed E-state index contributed by atoms with van der Waals surface area (Å²) in [5, 5.41) is 4.03. The molecule has 0 radical (unpaired) electrons. The Morgan fingerprint density at radius 3 is 2.35 bits per heavy atom.